The lowest BCUT2D eigenvalue weighted by Gasteiger charge is -2.39. The van der Waals surface area contributed by atoms with Crippen LogP contribution in [-0.4, -0.2) is 74.5 Å². The summed E-state index contributed by atoms with van der Waals surface area (Å²) in [5.74, 6) is 0.573. The van der Waals surface area contributed by atoms with Gasteiger partial charge in [0.1, 0.15) is 23.4 Å². The van der Waals surface area contributed by atoms with Crippen LogP contribution in [0.4, 0.5) is 5.82 Å². The van der Waals surface area contributed by atoms with Crippen molar-refractivity contribution in [1.82, 2.24) is 24.2 Å². The highest BCUT2D eigenvalue weighted by molar-refractivity contribution is 7.43. The molecule has 0 bridgehead atoms. The molecule has 1 amide bonds. The number of fused-ring (bicyclic) bond motifs is 1. The van der Waals surface area contributed by atoms with E-state index < -0.39 is 20.0 Å². The fraction of sp³-hybridized carbons (Fsp3) is 0.380. The Morgan fingerprint density at radius 3 is 2.00 bits per heavy atom. The van der Waals surface area contributed by atoms with E-state index in [2.05, 4.69) is 33.1 Å². The first-order valence-electron chi connectivity index (χ1n) is 21.9. The molecule has 0 radical (unpaired) electrons. The molecule has 5 atom stereocenters. The third kappa shape index (κ3) is 8.61. The molecule has 2 aliphatic rings. The van der Waals surface area contributed by atoms with E-state index in [-0.39, 0.29) is 47.9 Å². The molecule has 2 saturated carbocycles. The summed E-state index contributed by atoms with van der Waals surface area (Å²) in [6.07, 6.45) is 5.65. The third-order valence-electron chi connectivity index (χ3n) is 13.2. The summed E-state index contributed by atoms with van der Waals surface area (Å²) in [7, 11) is 1.35. The van der Waals surface area contributed by atoms with E-state index in [0.717, 1.165) is 41.0 Å². The molecule has 2 aromatic heterocycles. The first kappa shape index (κ1) is 44.9. The number of hydrogen-bond donors (Lipinski definition) is 2. The molecule has 1 spiro atoms. The molecular formula is C50H56N7O6P. The number of anilines is 1. The van der Waals surface area contributed by atoms with Crippen molar-refractivity contribution in [3.63, 3.8) is 0 Å². The summed E-state index contributed by atoms with van der Waals surface area (Å²) in [5.41, 5.74) is 2.98. The molecule has 0 aliphatic heterocycles. The van der Waals surface area contributed by atoms with Gasteiger partial charge in [-0.15, -0.1) is 0 Å². The number of nitrogens with one attached hydrogen (secondary N) is 1. The molecule has 6 aromatic rings. The summed E-state index contributed by atoms with van der Waals surface area (Å²) in [6.45, 7) is 8.48. The molecule has 2 heterocycles. The van der Waals surface area contributed by atoms with Crippen LogP contribution in [0.2, 0.25) is 0 Å². The molecule has 2 N–H and O–H groups in total. The first-order valence-corrected chi connectivity index (χ1v) is 23.0. The van der Waals surface area contributed by atoms with Crippen molar-refractivity contribution in [2.75, 3.05) is 32.8 Å². The van der Waals surface area contributed by atoms with Crippen LogP contribution in [0.15, 0.2) is 122 Å². The summed E-state index contributed by atoms with van der Waals surface area (Å²) in [6, 6.07) is 37.8. The molecule has 0 saturated heterocycles. The van der Waals surface area contributed by atoms with E-state index in [0.29, 0.717) is 35.6 Å². The Morgan fingerprint density at radius 2 is 1.45 bits per heavy atom. The number of rotatable bonds is 18. The zero-order valence-corrected chi connectivity index (χ0v) is 38.1. The Balaban J connectivity index is 1.20. The van der Waals surface area contributed by atoms with Crippen molar-refractivity contribution in [3.8, 4) is 17.6 Å². The van der Waals surface area contributed by atoms with Gasteiger partial charge in [-0.2, -0.15) is 5.26 Å². The summed E-state index contributed by atoms with van der Waals surface area (Å²) < 4.78 is 29.2. The maximum absolute atomic E-state index is 13.3. The van der Waals surface area contributed by atoms with Gasteiger partial charge < -0.3 is 33.5 Å². The van der Waals surface area contributed by atoms with Crippen LogP contribution < -0.4 is 14.8 Å². The second kappa shape index (κ2) is 19.2. The lowest BCUT2D eigenvalue weighted by molar-refractivity contribution is -0.0335. The highest BCUT2D eigenvalue weighted by Crippen LogP contribution is 2.70. The van der Waals surface area contributed by atoms with Crippen LogP contribution in [0.5, 0.6) is 11.5 Å². The Hall–Kier alpha value is -5.74. The van der Waals surface area contributed by atoms with Crippen molar-refractivity contribution in [2.45, 2.75) is 70.7 Å². The van der Waals surface area contributed by atoms with Crippen molar-refractivity contribution in [3.05, 3.63) is 144 Å². The van der Waals surface area contributed by atoms with Crippen molar-refractivity contribution < 1.29 is 28.4 Å². The van der Waals surface area contributed by atoms with E-state index in [1.165, 1.54) is 6.33 Å². The average Bonchev–Trinajstić information content (AvgIpc) is 3.90. The molecule has 14 heteroatoms. The number of methoxy groups -OCH3 is 2. The number of nitriles is 1. The summed E-state index contributed by atoms with van der Waals surface area (Å²) in [5, 5.41) is 14.0. The predicted octanol–water partition coefficient (Wildman–Crippen LogP) is 9.56. The van der Waals surface area contributed by atoms with Crippen molar-refractivity contribution >= 4 is 31.4 Å². The normalized spacial score (nSPS) is 18.9. The number of carbonyl (C=O) groups is 1. The quantitative estimate of drug-likeness (QED) is 0.0626. The van der Waals surface area contributed by atoms with Gasteiger partial charge in [-0.25, -0.2) is 19.6 Å². The SMILES string of the molecule is COc1ccc(C(OC[C@@H]2[C@@H](C(C#N)COP(O)N(C(C)C)C(C)C)C[C@H](n3cnc4c(NC(=O)c5ccccc5)ncnc43)C23CC3)(c2ccccc2)c2ccc(OC)cc2)cc1. The van der Waals surface area contributed by atoms with Crippen LogP contribution in [0.1, 0.15) is 80.0 Å². The number of hydrogen-bond acceptors (Lipinski definition) is 11. The Morgan fingerprint density at radius 1 is 0.875 bits per heavy atom. The largest absolute Gasteiger partial charge is 0.497 e. The van der Waals surface area contributed by atoms with Gasteiger partial charge >= 0.3 is 0 Å². The number of ether oxygens (including phenoxy) is 3. The van der Waals surface area contributed by atoms with Crippen LogP contribution in [0.3, 0.4) is 0 Å². The molecule has 2 fully saturated rings. The van der Waals surface area contributed by atoms with Gasteiger partial charge in [-0.05, 0) is 117 Å². The lowest BCUT2D eigenvalue weighted by Crippen LogP contribution is -2.38. The number of nitrogens with zero attached hydrogens (tertiary/aromatic N) is 6. The van der Waals surface area contributed by atoms with Gasteiger partial charge in [0.2, 0.25) is 0 Å². The maximum Gasteiger partial charge on any atom is 0.256 e. The number of amides is 1. The highest BCUT2D eigenvalue weighted by Gasteiger charge is 2.64. The van der Waals surface area contributed by atoms with Gasteiger partial charge in [0.25, 0.3) is 14.4 Å². The minimum atomic E-state index is -1.96. The van der Waals surface area contributed by atoms with Gasteiger partial charge in [0.05, 0.1) is 45.7 Å². The van der Waals surface area contributed by atoms with Crippen LogP contribution in [0, 0.1) is 34.5 Å². The number of imidazole rings is 1. The van der Waals surface area contributed by atoms with E-state index in [4.69, 9.17) is 28.7 Å². The van der Waals surface area contributed by atoms with Crippen LogP contribution in [-0.2, 0) is 14.9 Å². The number of benzene rings is 4. The molecule has 4 aromatic carbocycles. The van der Waals surface area contributed by atoms with Crippen molar-refractivity contribution in [1.29, 1.82) is 5.26 Å². The highest BCUT2D eigenvalue weighted by atomic mass is 31.2. The maximum atomic E-state index is 13.3. The molecule has 8 rings (SSSR count). The van der Waals surface area contributed by atoms with Gasteiger partial charge in [-0.3, -0.25) is 4.79 Å². The van der Waals surface area contributed by atoms with E-state index in [9.17, 15) is 14.9 Å². The lowest BCUT2D eigenvalue weighted by atomic mass is 9.78. The molecule has 332 valence electrons. The molecule has 64 heavy (non-hydrogen) atoms. The third-order valence-corrected chi connectivity index (χ3v) is 14.9. The smallest absolute Gasteiger partial charge is 0.256 e. The Kier molecular flexibility index (Phi) is 13.4. The fourth-order valence-electron chi connectivity index (χ4n) is 9.99. The Labute approximate surface area is 376 Å². The Bertz CT molecular complexity index is 2490. The van der Waals surface area contributed by atoms with E-state index in [1.807, 2.05) is 117 Å². The first-order chi connectivity index (χ1) is 31.0. The zero-order chi connectivity index (χ0) is 45.0. The van der Waals surface area contributed by atoms with Gasteiger partial charge in [0, 0.05) is 23.7 Å². The minimum absolute atomic E-state index is 0.0456. The summed E-state index contributed by atoms with van der Waals surface area (Å²) in [4.78, 5) is 38.7. The van der Waals surface area contributed by atoms with Gasteiger partial charge in [-0.1, -0.05) is 72.8 Å². The van der Waals surface area contributed by atoms with Gasteiger partial charge in [0.15, 0.2) is 17.0 Å². The molecule has 13 nitrogen and oxygen atoms in total. The summed E-state index contributed by atoms with van der Waals surface area (Å²) >= 11 is 0. The topological polar surface area (TPSA) is 157 Å². The second-order valence-corrected chi connectivity index (χ2v) is 18.5. The van der Waals surface area contributed by atoms with E-state index in [1.54, 1.807) is 32.7 Å². The standard InChI is InChI=1S/C50H56N7O6P/c1-33(2)57(34(3)4)64(59)63-29-36(28-51)42-27-44(56-32-54-45-46(52-31-53-47(45)56)55-48(58)35-13-9-7-10-14-35)49(25-26-49)43(42)30-62-50(37-15-11-8-12-16-37,38-17-21-40(60-5)22-18-38)39-19-23-41(61-6)24-20-39/h7-24,31-34,36,42-44,59H,25-27,29-30H2,1-6H3,(H,52,53,55,58)/t36?,42-,43-,44+,64?/m1/s1. The second-order valence-electron chi connectivity index (χ2n) is 17.3. The zero-order valence-electron chi connectivity index (χ0n) is 37.2. The monoisotopic (exact) mass is 881 g/mol. The molecule has 2 unspecified atom stereocenters. The van der Waals surface area contributed by atoms with Crippen LogP contribution >= 0.6 is 8.53 Å². The molecule has 2 aliphatic carbocycles. The number of carbonyl (C=O) groups excluding carboxylic acids is 1. The minimum Gasteiger partial charge on any atom is -0.497 e. The average molecular weight is 882 g/mol. The molecular weight excluding hydrogens is 826 g/mol. The van der Waals surface area contributed by atoms with E-state index >= 15 is 0 Å². The predicted molar refractivity (Wildman–Crippen MR) is 247 cm³/mol. The van der Waals surface area contributed by atoms with Crippen LogP contribution in [0.25, 0.3) is 11.2 Å². The number of aromatic nitrogens is 4. The van der Waals surface area contributed by atoms with Crippen molar-refractivity contribution in [2.24, 2.45) is 23.2 Å². The fourth-order valence-corrected chi connectivity index (χ4v) is 11.2.